The predicted octanol–water partition coefficient (Wildman–Crippen LogP) is 1.98. The molecule has 1 aliphatic rings. The first-order valence-electron chi connectivity index (χ1n) is 10.4. The maximum Gasteiger partial charge on any atom is 0.303 e. The molecule has 10 heteroatoms. The second-order valence-corrected chi connectivity index (χ2v) is 7.86. The molecule has 0 amide bonds. The fraction of sp³-hybridized carbons (Fsp3) is 0.478. The third-order valence-electron chi connectivity index (χ3n) is 5.23. The van der Waals surface area contributed by atoms with Crippen molar-refractivity contribution in [1.82, 2.24) is 4.57 Å². The van der Waals surface area contributed by atoms with Crippen LogP contribution in [-0.2, 0) is 49.9 Å². The molecule has 1 fully saturated rings. The summed E-state index contributed by atoms with van der Waals surface area (Å²) in [5.74, 6) is -2.53. The minimum atomic E-state index is -1.19. The summed E-state index contributed by atoms with van der Waals surface area (Å²) in [7, 11) is 1.91. The van der Waals surface area contributed by atoms with E-state index in [-0.39, 0.29) is 6.61 Å². The molecular formula is C23H27NO9. The second-order valence-electron chi connectivity index (χ2n) is 7.86. The minimum absolute atomic E-state index is 0.262. The Morgan fingerprint density at radius 3 is 2.06 bits per heavy atom. The van der Waals surface area contributed by atoms with E-state index in [0.717, 1.165) is 10.9 Å². The summed E-state index contributed by atoms with van der Waals surface area (Å²) >= 11 is 0. The molecule has 33 heavy (non-hydrogen) atoms. The Balaban J connectivity index is 2.08. The number of ether oxygens (including phenoxy) is 5. The molecule has 0 radical (unpaired) electrons. The van der Waals surface area contributed by atoms with Crippen LogP contribution in [0.4, 0.5) is 0 Å². The molecule has 1 aromatic carbocycles. The van der Waals surface area contributed by atoms with E-state index in [0.29, 0.717) is 5.56 Å². The summed E-state index contributed by atoms with van der Waals surface area (Å²) in [5, 5.41) is 0.919. The average molecular weight is 461 g/mol. The van der Waals surface area contributed by atoms with Crippen molar-refractivity contribution in [3.63, 3.8) is 0 Å². The van der Waals surface area contributed by atoms with E-state index < -0.39 is 54.4 Å². The third-order valence-corrected chi connectivity index (χ3v) is 5.23. The molecule has 0 spiro atoms. The first-order chi connectivity index (χ1) is 15.6. The molecule has 1 saturated heterocycles. The van der Waals surface area contributed by atoms with Crippen LogP contribution >= 0.6 is 0 Å². The van der Waals surface area contributed by atoms with E-state index in [9.17, 15) is 19.2 Å². The molecule has 3 rings (SSSR count). The Morgan fingerprint density at radius 1 is 0.848 bits per heavy atom. The van der Waals surface area contributed by atoms with E-state index in [1.54, 1.807) is 0 Å². The lowest BCUT2D eigenvalue weighted by atomic mass is 9.90. The molecule has 5 atom stereocenters. The number of carbonyl (C=O) groups excluding carboxylic acids is 4. The van der Waals surface area contributed by atoms with Crippen LogP contribution in [0.3, 0.4) is 0 Å². The van der Waals surface area contributed by atoms with Gasteiger partial charge in [-0.3, -0.25) is 19.2 Å². The molecule has 0 N–H and O–H groups in total. The van der Waals surface area contributed by atoms with Crippen LogP contribution in [0.2, 0.25) is 0 Å². The summed E-state index contributed by atoms with van der Waals surface area (Å²) in [6, 6.07) is 7.49. The summed E-state index contributed by atoms with van der Waals surface area (Å²) in [4.78, 5) is 47.2. The molecule has 0 aliphatic carbocycles. The third kappa shape index (κ3) is 5.70. The van der Waals surface area contributed by atoms with Crippen LogP contribution in [0, 0.1) is 0 Å². The zero-order valence-corrected chi connectivity index (χ0v) is 19.1. The van der Waals surface area contributed by atoms with Gasteiger partial charge in [0, 0.05) is 46.5 Å². The lowest BCUT2D eigenvalue weighted by molar-refractivity contribution is -0.254. The number of fused-ring (bicyclic) bond motifs is 1. The highest BCUT2D eigenvalue weighted by atomic mass is 16.7. The quantitative estimate of drug-likeness (QED) is 0.470. The zero-order chi connectivity index (χ0) is 24.3. The van der Waals surface area contributed by atoms with E-state index in [2.05, 4.69) is 0 Å². The smallest absolute Gasteiger partial charge is 0.303 e. The van der Waals surface area contributed by atoms with Gasteiger partial charge in [-0.05, 0) is 29.1 Å². The Morgan fingerprint density at radius 2 is 1.45 bits per heavy atom. The van der Waals surface area contributed by atoms with Gasteiger partial charge in [0.05, 0.1) is 0 Å². The minimum Gasteiger partial charge on any atom is -0.463 e. The van der Waals surface area contributed by atoms with Gasteiger partial charge >= 0.3 is 23.9 Å². The Bertz CT molecular complexity index is 1060. The highest BCUT2D eigenvalue weighted by molar-refractivity contribution is 5.81. The molecule has 0 saturated carbocycles. The van der Waals surface area contributed by atoms with Crippen molar-refractivity contribution in [1.29, 1.82) is 0 Å². The summed E-state index contributed by atoms with van der Waals surface area (Å²) in [5.41, 5.74) is 1.62. The van der Waals surface area contributed by atoms with Crippen molar-refractivity contribution in [3.05, 3.63) is 36.0 Å². The Hall–Kier alpha value is -3.40. The number of aromatic nitrogens is 1. The molecule has 2 heterocycles. The van der Waals surface area contributed by atoms with Crippen molar-refractivity contribution in [3.8, 4) is 0 Å². The van der Waals surface area contributed by atoms with Crippen LogP contribution in [-0.4, -0.2) is 59.5 Å². The lowest BCUT2D eigenvalue weighted by Crippen LogP contribution is -2.59. The van der Waals surface area contributed by atoms with Crippen molar-refractivity contribution >= 4 is 34.8 Å². The van der Waals surface area contributed by atoms with Gasteiger partial charge in [-0.1, -0.05) is 6.07 Å². The summed E-state index contributed by atoms with van der Waals surface area (Å²) in [6.45, 7) is 4.56. The number of hydrogen-bond donors (Lipinski definition) is 0. The SMILES string of the molecule is CC(=O)OC[C@H]1OC(c2ccc3c(ccn3C)c2)[C@H](OC(C)=O)[C@@H](OC(C)=O)[C@@H]1OC(C)=O. The fourth-order valence-corrected chi connectivity index (χ4v) is 3.97. The fourth-order valence-electron chi connectivity index (χ4n) is 3.97. The van der Waals surface area contributed by atoms with E-state index in [4.69, 9.17) is 23.7 Å². The van der Waals surface area contributed by atoms with E-state index in [1.807, 2.05) is 42.1 Å². The zero-order valence-electron chi connectivity index (χ0n) is 19.1. The Kier molecular flexibility index (Phi) is 7.37. The molecule has 1 unspecified atom stereocenters. The molecule has 0 bridgehead atoms. The van der Waals surface area contributed by atoms with E-state index >= 15 is 0 Å². The van der Waals surface area contributed by atoms with Crippen LogP contribution in [0.1, 0.15) is 39.4 Å². The number of esters is 4. The summed E-state index contributed by atoms with van der Waals surface area (Å²) < 4.78 is 29.7. The van der Waals surface area contributed by atoms with Gasteiger partial charge in [0.15, 0.2) is 18.3 Å². The first-order valence-corrected chi connectivity index (χ1v) is 10.4. The number of nitrogens with zero attached hydrogens (tertiary/aromatic N) is 1. The van der Waals surface area contributed by atoms with Crippen LogP contribution < -0.4 is 0 Å². The van der Waals surface area contributed by atoms with Crippen LogP contribution in [0.25, 0.3) is 10.9 Å². The molecule has 178 valence electrons. The van der Waals surface area contributed by atoms with Gasteiger partial charge in [-0.15, -0.1) is 0 Å². The summed E-state index contributed by atoms with van der Waals surface area (Å²) in [6.07, 6.45) is -3.46. The number of aryl methyl sites for hydroxylation is 1. The van der Waals surface area contributed by atoms with Crippen molar-refractivity contribution < 1.29 is 42.9 Å². The Labute approximate surface area is 190 Å². The molecule has 1 aromatic heterocycles. The number of benzene rings is 1. The van der Waals surface area contributed by atoms with Crippen LogP contribution in [0.5, 0.6) is 0 Å². The average Bonchev–Trinajstić information content (AvgIpc) is 3.08. The second kappa shape index (κ2) is 10.0. The van der Waals surface area contributed by atoms with E-state index in [1.165, 1.54) is 27.7 Å². The molecule has 1 aliphatic heterocycles. The topological polar surface area (TPSA) is 119 Å². The van der Waals surface area contributed by atoms with Crippen molar-refractivity contribution in [2.45, 2.75) is 58.2 Å². The van der Waals surface area contributed by atoms with Gasteiger partial charge < -0.3 is 28.3 Å². The van der Waals surface area contributed by atoms with Gasteiger partial charge in [0.1, 0.15) is 18.8 Å². The standard InChI is InChI=1S/C23H27NO9/c1-12(25)29-11-19-21(30-13(2)26)23(32-15(4)28)22(31-14(3)27)20(33-19)17-6-7-18-16(10-17)8-9-24(18)5/h6-10,19-23H,11H2,1-5H3/t19-,20?,21-,22+,23+/m1/s1. The van der Waals surface area contributed by atoms with Gasteiger partial charge in [-0.2, -0.15) is 0 Å². The number of rotatable bonds is 6. The number of hydrogen-bond acceptors (Lipinski definition) is 9. The maximum absolute atomic E-state index is 12.0. The molecular weight excluding hydrogens is 434 g/mol. The number of carbonyl (C=O) groups is 4. The highest BCUT2D eigenvalue weighted by Gasteiger charge is 2.52. The molecule has 2 aromatic rings. The van der Waals surface area contributed by atoms with Gasteiger partial charge in [0.25, 0.3) is 0 Å². The van der Waals surface area contributed by atoms with Gasteiger partial charge in [0.2, 0.25) is 0 Å². The largest absolute Gasteiger partial charge is 0.463 e. The predicted molar refractivity (Wildman–Crippen MR) is 114 cm³/mol. The lowest BCUT2D eigenvalue weighted by Gasteiger charge is -2.44. The highest BCUT2D eigenvalue weighted by Crippen LogP contribution is 2.38. The normalized spacial score (nSPS) is 24.7. The van der Waals surface area contributed by atoms with Gasteiger partial charge in [-0.25, -0.2) is 0 Å². The van der Waals surface area contributed by atoms with Crippen molar-refractivity contribution in [2.24, 2.45) is 7.05 Å². The van der Waals surface area contributed by atoms with Crippen LogP contribution in [0.15, 0.2) is 30.5 Å². The monoisotopic (exact) mass is 461 g/mol. The van der Waals surface area contributed by atoms with Crippen molar-refractivity contribution in [2.75, 3.05) is 6.61 Å². The maximum atomic E-state index is 12.0. The first kappa shape index (κ1) is 24.2. The molecule has 10 nitrogen and oxygen atoms in total.